The van der Waals surface area contributed by atoms with Crippen molar-refractivity contribution in [3.63, 3.8) is 0 Å². The molecule has 27 heteroatoms. The Kier molecular flexibility index (Phi) is 30.9. The molecule has 6 aromatic rings. The molecule has 12 rings (SSSR count). The highest BCUT2D eigenvalue weighted by Crippen LogP contribution is 2.43. The molecule has 3 aliphatic carbocycles. The lowest BCUT2D eigenvalue weighted by Gasteiger charge is -2.41. The average Bonchev–Trinajstić information content (AvgIpc) is 0.817. The highest BCUT2D eigenvalue weighted by molar-refractivity contribution is 7.90. The Morgan fingerprint density at radius 1 is 0.297 bits per heavy atom. The molecule has 6 aliphatic rings. The molecular formula is C84H117F3N6O15S3. The summed E-state index contributed by atoms with van der Waals surface area (Å²) in [5, 5.41) is 0. The maximum Gasteiger partial charge on any atom is 0.240 e. The lowest BCUT2D eigenvalue weighted by Crippen LogP contribution is -2.46. The smallest absolute Gasteiger partial charge is 0.240 e. The van der Waals surface area contributed by atoms with E-state index in [0.717, 1.165) is 172 Å². The zero-order valence-corrected chi connectivity index (χ0v) is 69.1. The van der Waals surface area contributed by atoms with Crippen molar-refractivity contribution >= 4 is 30.1 Å². The van der Waals surface area contributed by atoms with Crippen LogP contribution in [-0.4, -0.2) is 176 Å². The third kappa shape index (κ3) is 23.3. The van der Waals surface area contributed by atoms with Crippen LogP contribution in [0.1, 0.15) is 192 Å². The lowest BCUT2D eigenvalue weighted by atomic mass is 9.85. The number of hydrogen-bond acceptors (Lipinski definition) is 18. The predicted octanol–water partition coefficient (Wildman–Crippen LogP) is 15.3. The summed E-state index contributed by atoms with van der Waals surface area (Å²) >= 11 is 0. The van der Waals surface area contributed by atoms with Gasteiger partial charge in [-0.15, -0.1) is 0 Å². The van der Waals surface area contributed by atoms with Crippen molar-refractivity contribution in [3.05, 3.63) is 143 Å². The lowest BCUT2D eigenvalue weighted by molar-refractivity contribution is 0.115. The number of ether oxygens (including phenoxy) is 9. The number of piperidine rings is 3. The van der Waals surface area contributed by atoms with Crippen LogP contribution < -0.4 is 56.8 Å². The standard InChI is InChI=1S/3C28H39FN2O5S/c3*1-19(2)36-27-17-21(29)5-11-25(27)20-13-15-31(16-14-20)23-8-6-22(7-9-23)30-37(32,33)24-10-12-26(34-3)28(18-24)35-4/h3*5,10-12,17-20,22-23,30H,6-9,13-16H2,1-4H3. The van der Waals surface area contributed by atoms with Crippen molar-refractivity contribution in [2.75, 3.05) is 81.9 Å². The Morgan fingerprint density at radius 2 is 0.523 bits per heavy atom. The first-order valence-corrected chi connectivity index (χ1v) is 43.9. The van der Waals surface area contributed by atoms with Crippen LogP contribution in [0.15, 0.2) is 124 Å². The van der Waals surface area contributed by atoms with Gasteiger partial charge in [0.15, 0.2) is 34.5 Å². The molecule has 0 atom stereocenters. The van der Waals surface area contributed by atoms with Gasteiger partial charge in [-0.3, -0.25) is 0 Å². The van der Waals surface area contributed by atoms with Crippen LogP contribution in [0, 0.1) is 17.5 Å². The molecular weight excluding hydrogens is 1490 g/mol. The van der Waals surface area contributed by atoms with Crippen LogP contribution >= 0.6 is 0 Å². The summed E-state index contributed by atoms with van der Waals surface area (Å²) in [5.74, 6) is 4.91. The molecule has 3 heterocycles. The van der Waals surface area contributed by atoms with Crippen molar-refractivity contribution in [1.82, 2.24) is 28.9 Å². The van der Waals surface area contributed by atoms with Crippen LogP contribution in [0.3, 0.4) is 0 Å². The van der Waals surface area contributed by atoms with E-state index in [0.29, 0.717) is 87.6 Å². The fourth-order valence-electron chi connectivity index (χ4n) is 16.8. The summed E-state index contributed by atoms with van der Waals surface area (Å²) in [7, 11) is -1.92. The van der Waals surface area contributed by atoms with Gasteiger partial charge >= 0.3 is 0 Å². The van der Waals surface area contributed by atoms with Gasteiger partial charge < -0.3 is 57.3 Å². The van der Waals surface area contributed by atoms with Gasteiger partial charge in [-0.05, 0) is 285 Å². The third-order valence-electron chi connectivity index (χ3n) is 22.5. The highest BCUT2D eigenvalue weighted by Gasteiger charge is 2.37. The average molecular weight is 1600 g/mol. The maximum absolute atomic E-state index is 13.8. The molecule has 0 aromatic heterocycles. The summed E-state index contributed by atoms with van der Waals surface area (Å²) < 4.78 is 177. The molecule has 6 aromatic carbocycles. The number of nitrogens with one attached hydrogen (secondary N) is 3. The zero-order valence-electron chi connectivity index (χ0n) is 66.6. The van der Waals surface area contributed by atoms with E-state index in [2.05, 4.69) is 28.9 Å². The van der Waals surface area contributed by atoms with E-state index in [1.807, 2.05) is 59.7 Å². The second-order valence-electron chi connectivity index (χ2n) is 30.9. The molecule has 6 fully saturated rings. The minimum atomic E-state index is -3.65. The molecule has 21 nitrogen and oxygen atoms in total. The number of hydrogen-bond donors (Lipinski definition) is 3. The van der Waals surface area contributed by atoms with Gasteiger partial charge in [0.05, 0.1) is 75.7 Å². The number of sulfonamides is 3. The minimum Gasteiger partial charge on any atom is -0.493 e. The molecule has 612 valence electrons. The van der Waals surface area contributed by atoms with E-state index in [4.69, 9.17) is 42.6 Å². The first-order valence-electron chi connectivity index (χ1n) is 39.4. The maximum atomic E-state index is 13.8. The summed E-state index contributed by atoms with van der Waals surface area (Å²) in [6, 6.07) is 29.8. The predicted molar refractivity (Wildman–Crippen MR) is 425 cm³/mol. The van der Waals surface area contributed by atoms with Gasteiger partial charge in [0, 0.05) is 72.6 Å². The number of likely N-dealkylation sites (tertiary alicyclic amines) is 3. The highest BCUT2D eigenvalue weighted by atomic mass is 32.2. The number of rotatable bonds is 27. The molecule has 111 heavy (non-hydrogen) atoms. The first kappa shape index (κ1) is 86.3. The van der Waals surface area contributed by atoms with Crippen molar-refractivity contribution in [2.45, 2.75) is 244 Å². The Morgan fingerprint density at radius 3 is 0.730 bits per heavy atom. The summed E-state index contributed by atoms with van der Waals surface area (Å²) in [6.45, 7) is 17.7. The van der Waals surface area contributed by atoms with Gasteiger partial charge in [-0.2, -0.15) is 0 Å². The van der Waals surface area contributed by atoms with Crippen molar-refractivity contribution in [3.8, 4) is 51.7 Å². The monoisotopic (exact) mass is 1600 g/mol. The Hall–Kier alpha value is -7.08. The van der Waals surface area contributed by atoms with E-state index < -0.39 is 30.1 Å². The number of benzene rings is 6. The van der Waals surface area contributed by atoms with Crippen molar-refractivity contribution < 1.29 is 81.1 Å². The van der Waals surface area contributed by atoms with Gasteiger partial charge in [0.25, 0.3) is 0 Å². The van der Waals surface area contributed by atoms with Crippen LogP contribution in [-0.2, 0) is 30.1 Å². The third-order valence-corrected chi connectivity index (χ3v) is 27.1. The molecule has 0 spiro atoms. The first-order chi connectivity index (χ1) is 53.1. The molecule has 3 aliphatic heterocycles. The fraction of sp³-hybridized carbons (Fsp3) is 0.571. The van der Waals surface area contributed by atoms with E-state index in [1.54, 1.807) is 18.2 Å². The normalized spacial score (nSPS) is 21.7. The topological polar surface area (TPSA) is 231 Å². The van der Waals surface area contributed by atoms with E-state index >= 15 is 0 Å². The molecule has 3 N–H and O–H groups in total. The van der Waals surface area contributed by atoms with Gasteiger partial charge in [0.2, 0.25) is 30.1 Å². The van der Waals surface area contributed by atoms with Crippen LogP contribution in [0.5, 0.6) is 51.7 Å². The molecule has 0 radical (unpaired) electrons. The van der Waals surface area contributed by atoms with E-state index in [9.17, 15) is 38.4 Å². The van der Waals surface area contributed by atoms with Crippen molar-refractivity contribution in [2.24, 2.45) is 0 Å². The van der Waals surface area contributed by atoms with Crippen LogP contribution in [0.2, 0.25) is 0 Å². The molecule has 0 unspecified atom stereocenters. The summed E-state index contributed by atoms with van der Waals surface area (Å²) in [6.07, 6.45) is 16.6. The fourth-order valence-corrected chi connectivity index (χ4v) is 20.8. The van der Waals surface area contributed by atoms with Crippen molar-refractivity contribution in [1.29, 1.82) is 0 Å². The SMILES string of the molecule is COc1ccc(S(=O)(=O)NC2CCC(N3CCC(c4ccc(F)cc4OC(C)C)CC3)CC2)cc1OC.COc1ccc(S(=O)(=O)NC2CCC(N3CCC(c4ccc(F)cc4OC(C)C)CC3)CC2)cc1OC.COc1ccc(S(=O)(=O)NC2CCC(N3CCC(c4ccc(F)cc4OC(C)C)CC3)CC2)cc1OC. The number of halogens is 3. The Bertz CT molecular complexity index is 3910. The Labute approximate surface area is 657 Å². The minimum absolute atomic E-state index is 0.00000339. The van der Waals surface area contributed by atoms with Crippen LogP contribution in [0.25, 0.3) is 0 Å². The molecule has 3 saturated carbocycles. The van der Waals surface area contributed by atoms with Gasteiger partial charge in [-0.25, -0.2) is 52.6 Å². The molecule has 0 bridgehead atoms. The summed E-state index contributed by atoms with van der Waals surface area (Å²) in [5.41, 5.74) is 3.30. The Balaban J connectivity index is 0.000000177. The largest absolute Gasteiger partial charge is 0.493 e. The van der Waals surface area contributed by atoms with Crippen LogP contribution in [0.4, 0.5) is 13.2 Å². The number of nitrogens with zero attached hydrogens (tertiary/aromatic N) is 3. The quantitative estimate of drug-likeness (QED) is 0.0435. The second kappa shape index (κ2) is 39.8. The molecule has 3 saturated heterocycles. The van der Waals surface area contributed by atoms with Gasteiger partial charge in [0.1, 0.15) is 34.7 Å². The van der Waals surface area contributed by atoms with Gasteiger partial charge in [-0.1, -0.05) is 18.2 Å². The van der Waals surface area contributed by atoms with E-state index in [1.165, 1.54) is 115 Å². The van der Waals surface area contributed by atoms with E-state index in [-0.39, 0.29) is 68.6 Å². The summed E-state index contributed by atoms with van der Waals surface area (Å²) in [4.78, 5) is 8.16. The molecule has 0 amide bonds. The number of methoxy groups -OCH3 is 6. The zero-order chi connectivity index (χ0) is 79.7. The second-order valence-corrected chi connectivity index (χ2v) is 36.0.